The van der Waals surface area contributed by atoms with E-state index in [1.807, 2.05) is 82.3 Å². The van der Waals surface area contributed by atoms with Crippen LogP contribution in [0.15, 0.2) is 66.7 Å². The maximum Gasteiger partial charge on any atom is 0.416 e. The summed E-state index contributed by atoms with van der Waals surface area (Å²) in [4.78, 5) is 32.3. The molecule has 2 amide bonds. The van der Waals surface area contributed by atoms with Gasteiger partial charge in [-0.1, -0.05) is 30.3 Å². The molecule has 0 fully saturated rings. The molecular weight excluding hydrogens is 396 g/mol. The zero-order chi connectivity index (χ0) is 21.5. The van der Waals surface area contributed by atoms with Gasteiger partial charge in [0.1, 0.15) is 5.60 Å². The maximum atomic E-state index is 13.6. The van der Waals surface area contributed by atoms with Crippen LogP contribution in [-0.4, -0.2) is 17.6 Å². The van der Waals surface area contributed by atoms with Gasteiger partial charge < -0.3 is 4.74 Å². The second-order valence-electron chi connectivity index (χ2n) is 8.20. The van der Waals surface area contributed by atoms with Gasteiger partial charge in [-0.05, 0) is 64.1 Å². The number of benzene rings is 2. The molecule has 0 saturated heterocycles. The van der Waals surface area contributed by atoms with E-state index in [-0.39, 0.29) is 5.91 Å². The number of aryl methyl sites for hydroxylation is 1. The zero-order valence-corrected chi connectivity index (χ0v) is 18.3. The number of carbonyl (C=O) groups excluding carboxylic acids is 2. The minimum absolute atomic E-state index is 0.146. The van der Waals surface area contributed by atoms with Gasteiger partial charge in [0.15, 0.2) is 6.17 Å². The van der Waals surface area contributed by atoms with Gasteiger partial charge in [-0.25, -0.2) is 4.79 Å². The molecule has 1 aromatic heterocycles. The summed E-state index contributed by atoms with van der Waals surface area (Å²) in [6, 6.07) is 20.6. The number of hydrogen-bond acceptors (Lipinski definition) is 4. The Hall–Kier alpha value is -3.12. The van der Waals surface area contributed by atoms with Crippen molar-refractivity contribution >= 4 is 34.7 Å². The summed E-state index contributed by atoms with van der Waals surface area (Å²) in [5, 5.41) is 0. The fraction of sp³-hybridized carbons (Fsp3) is 0.250. The predicted molar refractivity (Wildman–Crippen MR) is 120 cm³/mol. The third kappa shape index (κ3) is 3.71. The summed E-state index contributed by atoms with van der Waals surface area (Å²) in [6.07, 6.45) is -1.12. The van der Waals surface area contributed by atoms with Gasteiger partial charge >= 0.3 is 6.09 Å². The zero-order valence-electron chi connectivity index (χ0n) is 17.5. The van der Waals surface area contributed by atoms with Crippen LogP contribution in [0.4, 0.5) is 16.2 Å². The van der Waals surface area contributed by atoms with Crippen LogP contribution < -0.4 is 9.80 Å². The normalized spacial score (nSPS) is 16.4. The highest BCUT2D eigenvalue weighted by Gasteiger charge is 2.44. The van der Waals surface area contributed by atoms with Crippen molar-refractivity contribution in [3.8, 4) is 0 Å². The molecular formula is C24H24N2O3S. The lowest BCUT2D eigenvalue weighted by Gasteiger charge is -2.43. The lowest BCUT2D eigenvalue weighted by molar-refractivity contribution is 0.0560. The van der Waals surface area contributed by atoms with Crippen molar-refractivity contribution in [3.05, 3.63) is 82.0 Å². The molecule has 1 atom stereocenters. The van der Waals surface area contributed by atoms with E-state index in [0.29, 0.717) is 11.3 Å². The number of carbonyl (C=O) groups is 2. The second-order valence-corrected chi connectivity index (χ2v) is 9.52. The van der Waals surface area contributed by atoms with E-state index in [1.165, 1.54) is 0 Å². The molecule has 0 saturated carbocycles. The Kier molecular flexibility index (Phi) is 5.12. The Morgan fingerprint density at radius 1 is 0.967 bits per heavy atom. The fourth-order valence-corrected chi connectivity index (χ4v) is 4.52. The van der Waals surface area contributed by atoms with Crippen LogP contribution >= 0.6 is 11.3 Å². The maximum absolute atomic E-state index is 13.6. The molecule has 2 heterocycles. The van der Waals surface area contributed by atoms with Crippen molar-refractivity contribution < 1.29 is 14.3 Å². The van der Waals surface area contributed by atoms with E-state index in [1.54, 1.807) is 33.3 Å². The predicted octanol–water partition coefficient (Wildman–Crippen LogP) is 6.16. The van der Waals surface area contributed by atoms with Gasteiger partial charge in [0.2, 0.25) is 0 Å². The highest BCUT2D eigenvalue weighted by atomic mass is 32.1. The number of para-hydroxylation sites is 2. The Labute approximate surface area is 180 Å². The molecule has 0 N–H and O–H groups in total. The van der Waals surface area contributed by atoms with Gasteiger partial charge in [0.05, 0.1) is 11.3 Å². The average Bonchev–Trinajstić information content (AvgIpc) is 3.13. The van der Waals surface area contributed by atoms with Crippen LogP contribution in [0.1, 0.15) is 47.0 Å². The van der Waals surface area contributed by atoms with Crippen LogP contribution in [-0.2, 0) is 4.74 Å². The largest absolute Gasteiger partial charge is 0.443 e. The number of ether oxygens (including phenoxy) is 1. The number of amides is 2. The lowest BCUT2D eigenvalue weighted by atomic mass is 10.0. The number of nitrogens with zero attached hydrogens (tertiary/aromatic N) is 2. The van der Waals surface area contributed by atoms with Crippen LogP contribution in [0.2, 0.25) is 0 Å². The minimum Gasteiger partial charge on any atom is -0.443 e. The number of thiophene rings is 1. The van der Waals surface area contributed by atoms with Gasteiger partial charge in [0, 0.05) is 15.4 Å². The first kappa shape index (κ1) is 20.2. The van der Waals surface area contributed by atoms with Crippen molar-refractivity contribution in [2.45, 2.75) is 39.5 Å². The van der Waals surface area contributed by atoms with Crippen molar-refractivity contribution in [3.63, 3.8) is 0 Å². The number of rotatable bonds is 2. The minimum atomic E-state index is -0.666. The monoisotopic (exact) mass is 420 g/mol. The molecule has 2 aromatic carbocycles. The van der Waals surface area contributed by atoms with Gasteiger partial charge in [0.25, 0.3) is 5.91 Å². The molecule has 0 radical (unpaired) electrons. The van der Waals surface area contributed by atoms with E-state index >= 15 is 0 Å². The standard InChI is InChI=1S/C24H24N2O3S/c1-16-14-15-20(30-16)21-25(17-10-6-5-7-11-17)22(27)18-12-8-9-13-19(18)26(21)23(28)29-24(2,3)4/h5-15,21H,1-4H3. The average molecular weight is 421 g/mol. The highest BCUT2D eigenvalue weighted by Crippen LogP contribution is 2.43. The second kappa shape index (κ2) is 7.61. The van der Waals surface area contributed by atoms with Crippen LogP contribution in [0.5, 0.6) is 0 Å². The molecule has 1 unspecified atom stereocenters. The highest BCUT2D eigenvalue weighted by molar-refractivity contribution is 7.12. The summed E-state index contributed by atoms with van der Waals surface area (Å²) >= 11 is 1.57. The van der Waals surface area contributed by atoms with E-state index in [4.69, 9.17) is 4.74 Å². The van der Waals surface area contributed by atoms with Crippen LogP contribution in [0.25, 0.3) is 0 Å². The molecule has 1 aliphatic rings. The quantitative estimate of drug-likeness (QED) is 0.499. The van der Waals surface area contributed by atoms with Crippen molar-refractivity contribution in [1.29, 1.82) is 0 Å². The molecule has 6 heteroatoms. The summed E-state index contributed by atoms with van der Waals surface area (Å²) in [7, 11) is 0. The summed E-state index contributed by atoms with van der Waals surface area (Å²) in [6.45, 7) is 7.53. The molecule has 0 bridgehead atoms. The molecule has 30 heavy (non-hydrogen) atoms. The Balaban J connectivity index is 1.95. The molecule has 154 valence electrons. The number of fused-ring (bicyclic) bond motifs is 1. The molecule has 5 nitrogen and oxygen atoms in total. The van der Waals surface area contributed by atoms with Gasteiger partial charge in [-0.15, -0.1) is 11.3 Å². The van der Waals surface area contributed by atoms with E-state index < -0.39 is 17.9 Å². The van der Waals surface area contributed by atoms with Crippen molar-refractivity contribution in [2.75, 3.05) is 9.80 Å². The van der Waals surface area contributed by atoms with Crippen molar-refractivity contribution in [1.82, 2.24) is 0 Å². The van der Waals surface area contributed by atoms with Gasteiger partial charge in [-0.2, -0.15) is 0 Å². The van der Waals surface area contributed by atoms with E-state index in [2.05, 4.69) is 0 Å². The molecule has 1 aliphatic heterocycles. The van der Waals surface area contributed by atoms with Crippen LogP contribution in [0.3, 0.4) is 0 Å². The lowest BCUT2D eigenvalue weighted by Crippen LogP contribution is -2.52. The first-order valence-corrected chi connectivity index (χ1v) is 10.6. The fourth-order valence-electron chi connectivity index (χ4n) is 3.56. The van der Waals surface area contributed by atoms with E-state index in [9.17, 15) is 9.59 Å². The van der Waals surface area contributed by atoms with Crippen molar-refractivity contribution in [2.24, 2.45) is 0 Å². The Morgan fingerprint density at radius 3 is 2.27 bits per heavy atom. The Bertz CT molecular complexity index is 1090. The first-order valence-electron chi connectivity index (χ1n) is 9.82. The molecule has 0 spiro atoms. The smallest absolute Gasteiger partial charge is 0.416 e. The van der Waals surface area contributed by atoms with Gasteiger partial charge in [-0.3, -0.25) is 14.6 Å². The number of anilines is 2. The summed E-state index contributed by atoms with van der Waals surface area (Å²) < 4.78 is 5.77. The molecule has 0 aliphatic carbocycles. The third-order valence-corrected chi connectivity index (χ3v) is 5.78. The Morgan fingerprint density at radius 2 is 1.63 bits per heavy atom. The first-order chi connectivity index (χ1) is 14.3. The number of hydrogen-bond donors (Lipinski definition) is 0. The molecule has 4 rings (SSSR count). The topological polar surface area (TPSA) is 49.9 Å². The third-order valence-electron chi connectivity index (χ3n) is 4.74. The van der Waals surface area contributed by atoms with E-state index in [0.717, 1.165) is 15.4 Å². The SMILES string of the molecule is Cc1ccc(C2N(c3ccccc3)C(=O)c3ccccc3N2C(=O)OC(C)(C)C)s1. The summed E-state index contributed by atoms with van der Waals surface area (Å²) in [5.41, 5.74) is 1.08. The summed E-state index contributed by atoms with van der Waals surface area (Å²) in [5.74, 6) is -0.146. The molecule has 3 aromatic rings. The van der Waals surface area contributed by atoms with Crippen LogP contribution in [0, 0.1) is 6.92 Å².